The van der Waals surface area contributed by atoms with Crippen LogP contribution >= 0.6 is 0 Å². The zero-order valence-electron chi connectivity index (χ0n) is 16.9. The maximum absolute atomic E-state index is 12.9. The highest BCUT2D eigenvalue weighted by atomic mass is 19.3. The van der Waals surface area contributed by atoms with E-state index in [9.17, 15) is 23.2 Å². The van der Waals surface area contributed by atoms with E-state index in [0.29, 0.717) is 38.2 Å². The Kier molecular flexibility index (Phi) is 5.48. The molecule has 1 aromatic rings. The number of halogens is 2. The van der Waals surface area contributed by atoms with E-state index in [0.717, 1.165) is 11.3 Å². The Morgan fingerprint density at radius 1 is 1.27 bits per heavy atom. The van der Waals surface area contributed by atoms with Gasteiger partial charge in [0.2, 0.25) is 17.7 Å². The molecule has 0 bridgehead atoms. The lowest BCUT2D eigenvalue weighted by atomic mass is 9.81. The number of rotatable bonds is 7. The van der Waals surface area contributed by atoms with Gasteiger partial charge >= 0.3 is 0 Å². The predicted molar refractivity (Wildman–Crippen MR) is 106 cm³/mol. The average Bonchev–Trinajstić information content (AvgIpc) is 2.99. The maximum Gasteiger partial charge on any atom is 0.255 e. The molecular formula is C21H26F2N4O3. The largest absolute Gasteiger partial charge is 0.373 e. The molecule has 1 saturated heterocycles. The van der Waals surface area contributed by atoms with Crippen LogP contribution in [0.5, 0.6) is 0 Å². The number of imide groups is 1. The van der Waals surface area contributed by atoms with E-state index in [4.69, 9.17) is 0 Å². The van der Waals surface area contributed by atoms with Crippen molar-refractivity contribution in [1.82, 2.24) is 15.5 Å². The summed E-state index contributed by atoms with van der Waals surface area (Å²) in [6, 6.07) is 4.98. The van der Waals surface area contributed by atoms with E-state index in [1.54, 1.807) is 6.07 Å². The van der Waals surface area contributed by atoms with Gasteiger partial charge in [-0.1, -0.05) is 0 Å². The third-order valence-electron chi connectivity index (χ3n) is 6.18. The highest BCUT2D eigenvalue weighted by Gasteiger charge is 2.44. The Bertz CT molecular complexity index is 868. The minimum atomic E-state index is -2.48. The Balaban J connectivity index is 1.31. The average molecular weight is 420 g/mol. The summed E-state index contributed by atoms with van der Waals surface area (Å²) in [7, 11) is 1.94. The van der Waals surface area contributed by atoms with Gasteiger partial charge in [0.25, 0.3) is 5.91 Å². The summed E-state index contributed by atoms with van der Waals surface area (Å²) < 4.78 is 25.7. The molecule has 1 aromatic carbocycles. The number of carbonyl (C=O) groups is 3. The van der Waals surface area contributed by atoms with Crippen LogP contribution in [-0.2, 0) is 16.1 Å². The van der Waals surface area contributed by atoms with E-state index in [1.807, 2.05) is 24.1 Å². The fourth-order valence-corrected chi connectivity index (χ4v) is 4.41. The SMILES string of the molecule is CN(CCNCC1CC(F)(F)C1)c1ccc2c(c1)CN(C1CCC(=O)NC1=O)C2=O. The van der Waals surface area contributed by atoms with Crippen LogP contribution in [0.3, 0.4) is 0 Å². The van der Waals surface area contributed by atoms with Crippen LogP contribution < -0.4 is 15.5 Å². The second-order valence-electron chi connectivity index (χ2n) is 8.50. The number of fused-ring (bicyclic) bond motifs is 1. The van der Waals surface area contributed by atoms with Crippen molar-refractivity contribution in [2.45, 2.75) is 44.2 Å². The number of carbonyl (C=O) groups excluding carboxylic acids is 3. The number of hydrogen-bond donors (Lipinski definition) is 2. The van der Waals surface area contributed by atoms with Crippen LogP contribution in [0.25, 0.3) is 0 Å². The van der Waals surface area contributed by atoms with Crippen LogP contribution in [0, 0.1) is 5.92 Å². The van der Waals surface area contributed by atoms with Gasteiger partial charge in [-0.3, -0.25) is 19.7 Å². The van der Waals surface area contributed by atoms with Gasteiger partial charge in [-0.25, -0.2) is 8.78 Å². The number of anilines is 1. The van der Waals surface area contributed by atoms with Crippen LogP contribution in [0.2, 0.25) is 0 Å². The molecule has 2 aliphatic heterocycles. The van der Waals surface area contributed by atoms with Crippen molar-refractivity contribution in [2.75, 3.05) is 31.6 Å². The van der Waals surface area contributed by atoms with Gasteiger partial charge in [-0.15, -0.1) is 0 Å². The standard InChI is InChI=1S/C21H26F2N4O3/c1-26(7-6-24-11-13-9-21(22,23)10-13)15-2-3-16-14(8-15)12-27(20(16)30)17-4-5-18(28)25-19(17)29/h2-3,8,13,17,24H,4-7,9-12H2,1H3,(H,25,28,29). The first-order valence-electron chi connectivity index (χ1n) is 10.3. The minimum Gasteiger partial charge on any atom is -0.373 e. The van der Waals surface area contributed by atoms with Gasteiger partial charge in [0.05, 0.1) is 0 Å². The Morgan fingerprint density at radius 3 is 2.73 bits per heavy atom. The van der Waals surface area contributed by atoms with Crippen LogP contribution in [0.4, 0.5) is 14.5 Å². The molecule has 1 saturated carbocycles. The maximum atomic E-state index is 12.9. The van der Waals surface area contributed by atoms with Gasteiger partial charge in [-0.2, -0.15) is 0 Å². The molecule has 0 aromatic heterocycles. The zero-order chi connectivity index (χ0) is 21.5. The molecule has 7 nitrogen and oxygen atoms in total. The van der Waals surface area contributed by atoms with Crippen molar-refractivity contribution in [2.24, 2.45) is 5.92 Å². The molecule has 0 radical (unpaired) electrons. The lowest BCUT2D eigenvalue weighted by Gasteiger charge is -2.35. The quantitative estimate of drug-likeness (QED) is 0.516. The van der Waals surface area contributed by atoms with Gasteiger partial charge in [0, 0.05) is 57.2 Å². The number of nitrogens with zero attached hydrogens (tertiary/aromatic N) is 2. The van der Waals surface area contributed by atoms with Crippen LogP contribution in [0.15, 0.2) is 18.2 Å². The number of piperidine rings is 1. The van der Waals surface area contributed by atoms with E-state index >= 15 is 0 Å². The molecule has 4 rings (SSSR count). The number of hydrogen-bond acceptors (Lipinski definition) is 5. The summed E-state index contributed by atoms with van der Waals surface area (Å²) >= 11 is 0. The number of nitrogens with one attached hydrogen (secondary N) is 2. The molecule has 2 fully saturated rings. The van der Waals surface area contributed by atoms with Gasteiger partial charge in [-0.05, 0) is 42.6 Å². The van der Waals surface area contributed by atoms with E-state index in [2.05, 4.69) is 10.6 Å². The van der Waals surface area contributed by atoms with Crippen LogP contribution in [-0.4, -0.2) is 61.3 Å². The Labute approximate surface area is 173 Å². The van der Waals surface area contributed by atoms with Crippen molar-refractivity contribution in [3.63, 3.8) is 0 Å². The van der Waals surface area contributed by atoms with Crippen molar-refractivity contribution in [3.05, 3.63) is 29.3 Å². The molecule has 0 spiro atoms. The predicted octanol–water partition coefficient (Wildman–Crippen LogP) is 1.52. The van der Waals surface area contributed by atoms with Crippen molar-refractivity contribution < 1.29 is 23.2 Å². The zero-order valence-corrected chi connectivity index (χ0v) is 16.9. The number of alkyl halides is 2. The van der Waals surface area contributed by atoms with E-state index in [-0.39, 0.29) is 37.0 Å². The van der Waals surface area contributed by atoms with E-state index in [1.165, 1.54) is 4.90 Å². The third-order valence-corrected chi connectivity index (χ3v) is 6.18. The van der Waals surface area contributed by atoms with E-state index < -0.39 is 17.9 Å². The molecule has 162 valence electrons. The summed E-state index contributed by atoms with van der Waals surface area (Å²) in [5.41, 5.74) is 2.39. The Morgan fingerprint density at radius 2 is 2.03 bits per heavy atom. The number of likely N-dealkylation sites (N-methyl/N-ethyl adjacent to an activating group) is 1. The highest BCUT2D eigenvalue weighted by Crippen LogP contribution is 2.41. The molecule has 1 unspecified atom stereocenters. The van der Waals surface area contributed by atoms with Gasteiger partial charge in [0.15, 0.2) is 0 Å². The van der Waals surface area contributed by atoms with Crippen LogP contribution in [0.1, 0.15) is 41.6 Å². The molecule has 2 N–H and O–H groups in total. The molecule has 1 atom stereocenters. The second-order valence-corrected chi connectivity index (χ2v) is 8.50. The first kappa shape index (κ1) is 20.7. The van der Waals surface area contributed by atoms with Gasteiger partial charge in [0.1, 0.15) is 6.04 Å². The summed E-state index contributed by atoms with van der Waals surface area (Å²) in [6.07, 6.45) is 0.516. The summed E-state index contributed by atoms with van der Waals surface area (Å²) in [5.74, 6) is -3.33. The van der Waals surface area contributed by atoms with Crippen molar-refractivity contribution in [1.29, 1.82) is 0 Å². The lowest BCUT2D eigenvalue weighted by Crippen LogP contribution is -2.52. The first-order valence-corrected chi connectivity index (χ1v) is 10.3. The van der Waals surface area contributed by atoms with Gasteiger partial charge < -0.3 is 15.1 Å². The summed E-state index contributed by atoms with van der Waals surface area (Å²) in [5, 5.41) is 5.54. The number of benzene rings is 1. The normalized spacial score (nSPS) is 23.2. The topological polar surface area (TPSA) is 81.8 Å². The molecular weight excluding hydrogens is 394 g/mol. The monoisotopic (exact) mass is 420 g/mol. The van der Waals surface area contributed by atoms with Crippen molar-refractivity contribution >= 4 is 23.4 Å². The first-order chi connectivity index (χ1) is 14.2. The lowest BCUT2D eigenvalue weighted by molar-refractivity contribution is -0.136. The summed E-state index contributed by atoms with van der Waals surface area (Å²) in [4.78, 5) is 39.8. The number of amides is 3. The highest BCUT2D eigenvalue weighted by molar-refractivity contribution is 6.05. The smallest absolute Gasteiger partial charge is 0.255 e. The molecule has 3 amide bonds. The molecule has 9 heteroatoms. The molecule has 2 heterocycles. The minimum absolute atomic E-state index is 0.0294. The van der Waals surface area contributed by atoms with Crippen molar-refractivity contribution in [3.8, 4) is 0 Å². The third kappa shape index (κ3) is 4.16. The summed E-state index contributed by atoms with van der Waals surface area (Å²) in [6.45, 7) is 2.32. The Hall–Kier alpha value is -2.55. The molecule has 1 aliphatic carbocycles. The fourth-order valence-electron chi connectivity index (χ4n) is 4.41. The molecule has 3 aliphatic rings. The molecule has 30 heavy (non-hydrogen) atoms. The fraction of sp³-hybridized carbons (Fsp3) is 0.571. The second kappa shape index (κ2) is 7.94.